The lowest BCUT2D eigenvalue weighted by atomic mass is 10.1. The predicted molar refractivity (Wildman–Crippen MR) is 106 cm³/mol. The van der Waals surface area contributed by atoms with Crippen molar-refractivity contribution < 1.29 is 4.79 Å². The summed E-state index contributed by atoms with van der Waals surface area (Å²) in [6, 6.07) is 10.9. The van der Waals surface area contributed by atoms with Crippen LogP contribution in [-0.2, 0) is 6.54 Å². The molecule has 2 heterocycles. The first kappa shape index (κ1) is 18.3. The number of amides is 1. The zero-order valence-corrected chi connectivity index (χ0v) is 16.1. The molecule has 1 amide bonds. The average molecular weight is 369 g/mol. The summed E-state index contributed by atoms with van der Waals surface area (Å²) in [5, 5.41) is 2.51. The van der Waals surface area contributed by atoms with E-state index in [2.05, 4.69) is 0 Å². The molecule has 0 saturated heterocycles. The molecule has 0 spiro atoms. The number of rotatable bonds is 6. The Labute approximate surface area is 156 Å². The molecule has 136 valence electrons. The number of hydrogen-bond donors (Lipinski definition) is 0. The highest BCUT2D eigenvalue weighted by atomic mass is 32.1. The van der Waals surface area contributed by atoms with Crippen LogP contribution in [0.1, 0.15) is 48.7 Å². The van der Waals surface area contributed by atoms with E-state index in [1.54, 1.807) is 10.6 Å². The lowest BCUT2D eigenvalue weighted by Crippen LogP contribution is -2.38. The van der Waals surface area contributed by atoms with E-state index >= 15 is 0 Å². The molecule has 26 heavy (non-hydrogen) atoms. The van der Waals surface area contributed by atoms with Crippen molar-refractivity contribution in [2.75, 3.05) is 6.54 Å². The molecule has 3 aromatic rings. The summed E-state index contributed by atoms with van der Waals surface area (Å²) in [4.78, 5) is 33.2. The van der Waals surface area contributed by atoms with Crippen molar-refractivity contribution in [3.05, 3.63) is 62.8 Å². The van der Waals surface area contributed by atoms with E-state index < -0.39 is 0 Å². The van der Waals surface area contributed by atoms with E-state index in [9.17, 15) is 9.59 Å². The van der Waals surface area contributed by atoms with E-state index in [0.717, 1.165) is 0 Å². The number of thiophene rings is 1. The number of fused-ring (bicyclic) bond motifs is 1. The van der Waals surface area contributed by atoms with Crippen molar-refractivity contribution in [2.24, 2.45) is 0 Å². The van der Waals surface area contributed by atoms with Gasteiger partial charge in [-0.3, -0.25) is 14.2 Å². The van der Waals surface area contributed by atoms with Gasteiger partial charge in [-0.1, -0.05) is 25.1 Å². The van der Waals surface area contributed by atoms with Crippen LogP contribution in [0.15, 0.2) is 46.6 Å². The van der Waals surface area contributed by atoms with Crippen LogP contribution in [0.4, 0.5) is 0 Å². The lowest BCUT2D eigenvalue weighted by molar-refractivity contribution is 0.0675. The second-order valence-electron chi connectivity index (χ2n) is 6.03. The van der Waals surface area contributed by atoms with Gasteiger partial charge in [0.25, 0.3) is 11.5 Å². The summed E-state index contributed by atoms with van der Waals surface area (Å²) in [5.41, 5.74) is 0.626. The smallest absolute Gasteiger partial charge is 0.264 e. The van der Waals surface area contributed by atoms with Crippen LogP contribution in [-0.4, -0.2) is 26.9 Å². The molecule has 0 bridgehead atoms. The second kappa shape index (κ2) is 7.83. The summed E-state index contributed by atoms with van der Waals surface area (Å²) in [5.74, 6) is 0.643. The fourth-order valence-corrected chi connectivity index (χ4v) is 4.01. The largest absolute Gasteiger partial charge is 0.328 e. The van der Waals surface area contributed by atoms with E-state index in [1.807, 2.05) is 61.4 Å². The second-order valence-corrected chi connectivity index (χ2v) is 6.98. The molecule has 3 rings (SSSR count). The number of para-hydroxylation sites is 1. The fourth-order valence-electron chi connectivity index (χ4n) is 3.33. The Morgan fingerprint density at radius 3 is 2.58 bits per heavy atom. The maximum atomic E-state index is 13.0. The van der Waals surface area contributed by atoms with Gasteiger partial charge in [0.15, 0.2) is 0 Å². The van der Waals surface area contributed by atoms with Crippen molar-refractivity contribution in [3.8, 4) is 0 Å². The molecule has 5 nitrogen and oxygen atoms in total. The van der Waals surface area contributed by atoms with Crippen LogP contribution < -0.4 is 5.56 Å². The summed E-state index contributed by atoms with van der Waals surface area (Å²) in [6.45, 7) is 7.00. The highest BCUT2D eigenvalue weighted by Crippen LogP contribution is 2.26. The van der Waals surface area contributed by atoms with Crippen LogP contribution in [0.3, 0.4) is 0 Å². The molecular formula is C20H23N3O2S. The zero-order valence-electron chi connectivity index (χ0n) is 15.3. The Bertz CT molecular complexity index is 963. The van der Waals surface area contributed by atoms with Crippen LogP contribution in [0.2, 0.25) is 0 Å². The normalized spacial score (nSPS) is 12.3. The van der Waals surface area contributed by atoms with E-state index in [4.69, 9.17) is 4.98 Å². The van der Waals surface area contributed by atoms with Gasteiger partial charge in [0.05, 0.1) is 21.8 Å². The van der Waals surface area contributed by atoms with Crippen LogP contribution in [0, 0.1) is 0 Å². The fraction of sp³-hybridized carbons (Fsp3) is 0.350. The van der Waals surface area contributed by atoms with Crippen molar-refractivity contribution in [1.82, 2.24) is 14.5 Å². The average Bonchev–Trinajstić information content (AvgIpc) is 3.20. The van der Waals surface area contributed by atoms with Gasteiger partial charge in [-0.25, -0.2) is 4.98 Å². The van der Waals surface area contributed by atoms with Crippen LogP contribution in [0.25, 0.3) is 10.9 Å². The highest BCUT2D eigenvalue weighted by Gasteiger charge is 2.28. The van der Waals surface area contributed by atoms with Gasteiger partial charge in [-0.15, -0.1) is 11.3 Å². The maximum Gasteiger partial charge on any atom is 0.264 e. The summed E-state index contributed by atoms with van der Waals surface area (Å²) in [6.07, 6.45) is 0.690. The number of carbonyl (C=O) groups excluding carboxylic acids is 1. The number of benzene rings is 1. The first-order valence-corrected chi connectivity index (χ1v) is 9.84. The Morgan fingerprint density at radius 2 is 1.96 bits per heavy atom. The molecule has 1 unspecified atom stereocenters. The molecule has 1 atom stereocenters. The first-order valence-electron chi connectivity index (χ1n) is 8.96. The summed E-state index contributed by atoms with van der Waals surface area (Å²) < 4.78 is 1.70. The molecule has 0 aliphatic carbocycles. The molecular weight excluding hydrogens is 346 g/mol. The number of aromatic nitrogens is 2. The molecule has 0 saturated carbocycles. The maximum absolute atomic E-state index is 13.0. The van der Waals surface area contributed by atoms with Crippen LogP contribution in [0.5, 0.6) is 0 Å². The third-order valence-corrected chi connectivity index (χ3v) is 5.46. The van der Waals surface area contributed by atoms with Crippen molar-refractivity contribution in [2.45, 2.75) is 39.8 Å². The predicted octanol–water partition coefficient (Wildman–Crippen LogP) is 4.09. The third kappa shape index (κ3) is 3.17. The minimum absolute atomic E-state index is 0.0144. The standard InChI is InChI=1S/C20H23N3O2S/c1-4-16(22(5-2)20(25)17-12-9-13-26-17)18-21-15-11-8-7-10-14(15)19(24)23(18)6-3/h7-13,16H,4-6H2,1-3H3. The quantitative estimate of drug-likeness (QED) is 0.657. The van der Waals surface area contributed by atoms with E-state index in [0.29, 0.717) is 41.1 Å². The number of nitrogens with zero attached hydrogens (tertiary/aromatic N) is 3. The third-order valence-electron chi connectivity index (χ3n) is 4.60. The van der Waals surface area contributed by atoms with Gasteiger partial charge >= 0.3 is 0 Å². The SMILES string of the molecule is CCC(c1nc2ccccc2c(=O)n1CC)N(CC)C(=O)c1cccs1. The zero-order chi connectivity index (χ0) is 18.7. The Morgan fingerprint density at radius 1 is 1.19 bits per heavy atom. The molecule has 0 aliphatic rings. The van der Waals surface area contributed by atoms with Gasteiger partial charge in [-0.2, -0.15) is 0 Å². The van der Waals surface area contributed by atoms with Gasteiger partial charge in [0, 0.05) is 13.1 Å². The lowest BCUT2D eigenvalue weighted by Gasteiger charge is -2.31. The molecule has 0 N–H and O–H groups in total. The van der Waals surface area contributed by atoms with Gasteiger partial charge in [0.2, 0.25) is 0 Å². The Hall–Kier alpha value is -2.47. The van der Waals surface area contributed by atoms with Crippen molar-refractivity contribution in [3.63, 3.8) is 0 Å². The Balaban J connectivity index is 2.15. The monoisotopic (exact) mass is 369 g/mol. The summed E-state index contributed by atoms with van der Waals surface area (Å²) >= 11 is 1.43. The van der Waals surface area contributed by atoms with E-state index in [1.165, 1.54) is 11.3 Å². The topological polar surface area (TPSA) is 55.2 Å². The minimum atomic E-state index is -0.244. The molecule has 6 heteroatoms. The molecule has 0 fully saturated rings. The minimum Gasteiger partial charge on any atom is -0.328 e. The molecule has 1 aromatic carbocycles. The van der Waals surface area contributed by atoms with Crippen LogP contribution >= 0.6 is 11.3 Å². The molecule has 2 aromatic heterocycles. The van der Waals surface area contributed by atoms with Gasteiger partial charge < -0.3 is 4.90 Å². The number of hydrogen-bond acceptors (Lipinski definition) is 4. The number of carbonyl (C=O) groups is 1. The summed E-state index contributed by atoms with van der Waals surface area (Å²) in [7, 11) is 0. The van der Waals surface area contributed by atoms with Gasteiger partial charge in [0.1, 0.15) is 5.82 Å². The Kier molecular flexibility index (Phi) is 5.52. The van der Waals surface area contributed by atoms with E-state index in [-0.39, 0.29) is 17.5 Å². The molecule has 0 aliphatic heterocycles. The first-order chi connectivity index (χ1) is 12.6. The molecule has 0 radical (unpaired) electrons. The van der Waals surface area contributed by atoms with Crippen molar-refractivity contribution in [1.29, 1.82) is 0 Å². The van der Waals surface area contributed by atoms with Crippen molar-refractivity contribution >= 4 is 28.1 Å². The van der Waals surface area contributed by atoms with Gasteiger partial charge in [-0.05, 0) is 43.8 Å². The highest BCUT2D eigenvalue weighted by molar-refractivity contribution is 7.12.